The summed E-state index contributed by atoms with van der Waals surface area (Å²) in [5.74, 6) is 1.04. The van der Waals surface area contributed by atoms with E-state index in [1.54, 1.807) is 61.1 Å². The second-order valence-corrected chi connectivity index (χ2v) is 10.9. The number of nitro groups is 1. The summed E-state index contributed by atoms with van der Waals surface area (Å²) in [4.78, 5) is 30.0. The lowest BCUT2D eigenvalue weighted by molar-refractivity contribution is -0.384. The summed E-state index contributed by atoms with van der Waals surface area (Å²) < 4.78 is 5.20. The number of ether oxygens (including phenoxy) is 1. The molecule has 0 saturated heterocycles. The highest BCUT2D eigenvalue weighted by molar-refractivity contribution is 7.16. The van der Waals surface area contributed by atoms with Crippen molar-refractivity contribution in [1.29, 1.82) is 0 Å². The number of nitrogens with one attached hydrogen (secondary N) is 1. The van der Waals surface area contributed by atoms with Crippen LogP contribution in [0.4, 0.5) is 16.4 Å². The maximum absolute atomic E-state index is 13.5. The summed E-state index contributed by atoms with van der Waals surface area (Å²) in [7, 11) is 1.60. The fourth-order valence-electron chi connectivity index (χ4n) is 4.36. The van der Waals surface area contributed by atoms with E-state index < -0.39 is 4.92 Å². The maximum Gasteiger partial charge on any atom is 0.270 e. The summed E-state index contributed by atoms with van der Waals surface area (Å²) in [6, 6.07) is 13.5. The molecule has 8 heteroatoms. The van der Waals surface area contributed by atoms with Crippen molar-refractivity contribution in [3.05, 3.63) is 80.2 Å². The summed E-state index contributed by atoms with van der Waals surface area (Å²) in [5.41, 5.74) is 3.12. The number of rotatable bonds is 6. The molecule has 1 heterocycles. The molecule has 0 spiro atoms. The highest BCUT2D eigenvalue weighted by atomic mass is 32.1. The van der Waals surface area contributed by atoms with Gasteiger partial charge in [0, 0.05) is 28.9 Å². The van der Waals surface area contributed by atoms with E-state index in [4.69, 9.17) is 4.74 Å². The molecule has 0 fully saturated rings. The quantitative estimate of drug-likeness (QED) is 0.233. The predicted octanol–water partition coefficient (Wildman–Crippen LogP) is 6.82. The van der Waals surface area contributed by atoms with Gasteiger partial charge in [-0.3, -0.25) is 14.9 Å². The topological polar surface area (TPSA) is 93.8 Å². The first-order chi connectivity index (χ1) is 16.7. The number of aliphatic imine (C=N–C) groups is 1. The molecule has 4 rings (SSSR count). The molecular weight excluding hydrogens is 462 g/mol. The maximum atomic E-state index is 13.5. The summed E-state index contributed by atoms with van der Waals surface area (Å²) >= 11 is 1.54. The average Bonchev–Trinajstić information content (AvgIpc) is 3.20. The smallest absolute Gasteiger partial charge is 0.270 e. The molecule has 1 N–H and O–H groups in total. The number of methoxy groups -OCH3 is 1. The van der Waals surface area contributed by atoms with Crippen LogP contribution in [0.2, 0.25) is 0 Å². The molecule has 3 aromatic rings. The van der Waals surface area contributed by atoms with Crippen LogP contribution in [-0.2, 0) is 12.8 Å². The number of hydrogen-bond donors (Lipinski definition) is 1. The van der Waals surface area contributed by atoms with Gasteiger partial charge in [-0.05, 0) is 66.0 Å². The van der Waals surface area contributed by atoms with Gasteiger partial charge in [0.05, 0.1) is 17.6 Å². The normalized spacial score (nSPS) is 15.6. The van der Waals surface area contributed by atoms with Crippen LogP contribution in [0.15, 0.2) is 53.5 Å². The van der Waals surface area contributed by atoms with Crippen molar-refractivity contribution in [3.8, 4) is 5.75 Å². The van der Waals surface area contributed by atoms with Crippen molar-refractivity contribution in [3.63, 3.8) is 0 Å². The van der Waals surface area contributed by atoms with Gasteiger partial charge in [0.15, 0.2) is 0 Å². The third kappa shape index (κ3) is 5.59. The number of carbonyl (C=O) groups excluding carboxylic acids is 1. The minimum atomic E-state index is -0.429. The molecule has 7 nitrogen and oxygen atoms in total. The van der Waals surface area contributed by atoms with Crippen LogP contribution >= 0.6 is 11.3 Å². The number of fused-ring (bicyclic) bond motifs is 1. The number of anilines is 1. The van der Waals surface area contributed by atoms with Crippen LogP contribution in [-0.4, -0.2) is 24.2 Å². The minimum absolute atomic E-state index is 0.00455. The number of benzene rings is 2. The number of hydrogen-bond acceptors (Lipinski definition) is 6. The number of carbonyl (C=O) groups is 1. The van der Waals surface area contributed by atoms with Crippen LogP contribution in [0.3, 0.4) is 0 Å². The third-order valence-corrected chi connectivity index (χ3v) is 7.62. The SMILES string of the molecule is COc1ccc(NC(=O)c2c(/N=C/c3cccc([N+](=O)[O-])c3)sc3c2CCC(C(C)(C)C)C3)cc1. The van der Waals surface area contributed by atoms with Crippen molar-refractivity contribution in [1.82, 2.24) is 0 Å². The van der Waals surface area contributed by atoms with Crippen LogP contribution in [0.25, 0.3) is 0 Å². The van der Waals surface area contributed by atoms with E-state index in [-0.39, 0.29) is 17.0 Å². The van der Waals surface area contributed by atoms with E-state index in [1.807, 2.05) is 0 Å². The Bertz CT molecular complexity index is 1270. The van der Waals surface area contributed by atoms with Gasteiger partial charge in [-0.25, -0.2) is 4.99 Å². The van der Waals surface area contributed by atoms with Gasteiger partial charge >= 0.3 is 0 Å². The van der Waals surface area contributed by atoms with Crippen LogP contribution in [0, 0.1) is 21.4 Å². The largest absolute Gasteiger partial charge is 0.497 e. The molecule has 1 aliphatic rings. The standard InChI is InChI=1S/C27H29N3O4S/c1-27(2,3)18-8-13-22-23(15-18)35-26(28-16-17-6-5-7-20(14-17)30(32)33)24(22)25(31)29-19-9-11-21(34-4)12-10-19/h5-7,9-12,14,16,18H,8,13,15H2,1-4H3,(H,29,31)/b28-16+. The van der Waals surface area contributed by atoms with Gasteiger partial charge in [-0.2, -0.15) is 0 Å². The van der Waals surface area contributed by atoms with E-state index in [2.05, 4.69) is 31.1 Å². The Morgan fingerprint density at radius 2 is 1.97 bits per heavy atom. The van der Waals surface area contributed by atoms with Gasteiger partial charge in [0.2, 0.25) is 0 Å². The Kier molecular flexibility index (Phi) is 7.03. The Morgan fingerprint density at radius 3 is 2.63 bits per heavy atom. The number of non-ortho nitro benzene ring substituents is 1. The van der Waals surface area contributed by atoms with Crippen molar-refractivity contribution in [2.75, 3.05) is 12.4 Å². The summed E-state index contributed by atoms with van der Waals surface area (Å²) in [6.07, 6.45) is 4.35. The third-order valence-electron chi connectivity index (χ3n) is 6.46. The summed E-state index contributed by atoms with van der Waals surface area (Å²) in [6.45, 7) is 6.78. The van der Waals surface area contributed by atoms with E-state index in [1.165, 1.54) is 17.0 Å². The first-order valence-electron chi connectivity index (χ1n) is 11.5. The predicted molar refractivity (Wildman–Crippen MR) is 141 cm³/mol. The van der Waals surface area contributed by atoms with Gasteiger partial charge in [-0.15, -0.1) is 11.3 Å². The van der Waals surface area contributed by atoms with Crippen molar-refractivity contribution in [2.24, 2.45) is 16.3 Å². The van der Waals surface area contributed by atoms with Gasteiger partial charge in [-0.1, -0.05) is 32.9 Å². The van der Waals surface area contributed by atoms with Crippen molar-refractivity contribution >= 4 is 39.8 Å². The second kappa shape index (κ2) is 10.00. The lowest BCUT2D eigenvalue weighted by Gasteiger charge is -2.33. The number of thiophene rings is 1. The average molecular weight is 492 g/mol. The second-order valence-electron chi connectivity index (χ2n) is 9.78. The number of amides is 1. The van der Waals surface area contributed by atoms with Crippen LogP contribution in [0.5, 0.6) is 5.75 Å². The zero-order valence-corrected chi connectivity index (χ0v) is 21.1. The molecule has 1 atom stereocenters. The number of nitrogens with zero attached hydrogens (tertiary/aromatic N) is 2. The minimum Gasteiger partial charge on any atom is -0.497 e. The Hall–Kier alpha value is -3.52. The van der Waals surface area contributed by atoms with Crippen molar-refractivity contribution < 1.29 is 14.5 Å². The van der Waals surface area contributed by atoms with E-state index in [0.29, 0.717) is 33.5 Å². The van der Waals surface area contributed by atoms with E-state index in [0.717, 1.165) is 24.8 Å². The molecule has 35 heavy (non-hydrogen) atoms. The van der Waals surface area contributed by atoms with E-state index >= 15 is 0 Å². The molecule has 0 bridgehead atoms. The molecule has 2 aromatic carbocycles. The summed E-state index contributed by atoms with van der Waals surface area (Å²) in [5, 5.41) is 14.8. The molecule has 182 valence electrons. The molecule has 0 aliphatic heterocycles. The zero-order chi connectivity index (χ0) is 25.2. The first kappa shape index (κ1) is 24.6. The number of nitro benzene ring substituents is 1. The molecular formula is C27H29N3O4S. The Labute approximate surface area is 209 Å². The van der Waals surface area contributed by atoms with Crippen LogP contribution in [0.1, 0.15) is 53.6 Å². The lowest BCUT2D eigenvalue weighted by Crippen LogP contribution is -2.27. The lowest BCUT2D eigenvalue weighted by atomic mass is 9.72. The first-order valence-corrected chi connectivity index (χ1v) is 12.4. The zero-order valence-electron chi connectivity index (χ0n) is 20.3. The van der Waals surface area contributed by atoms with E-state index in [9.17, 15) is 14.9 Å². The molecule has 0 saturated carbocycles. The van der Waals surface area contributed by atoms with Crippen molar-refractivity contribution in [2.45, 2.75) is 40.0 Å². The highest BCUT2D eigenvalue weighted by Gasteiger charge is 2.33. The molecule has 1 aliphatic carbocycles. The molecule has 0 radical (unpaired) electrons. The molecule has 1 unspecified atom stereocenters. The monoisotopic (exact) mass is 491 g/mol. The Balaban J connectivity index is 1.69. The van der Waals surface area contributed by atoms with Crippen LogP contribution < -0.4 is 10.1 Å². The molecule has 1 aromatic heterocycles. The highest BCUT2D eigenvalue weighted by Crippen LogP contribution is 2.45. The van der Waals surface area contributed by atoms with Gasteiger partial charge in [0.25, 0.3) is 11.6 Å². The fraction of sp³-hybridized carbons (Fsp3) is 0.333. The fourth-order valence-corrected chi connectivity index (χ4v) is 5.62. The van der Waals surface area contributed by atoms with Gasteiger partial charge in [0.1, 0.15) is 10.8 Å². The molecule has 1 amide bonds. The Morgan fingerprint density at radius 1 is 1.23 bits per heavy atom. The van der Waals surface area contributed by atoms with Gasteiger partial charge < -0.3 is 10.1 Å².